The molecule has 1 heterocycles. The molecule has 4 N–H and O–H groups in total. The van der Waals surface area contributed by atoms with Crippen molar-refractivity contribution in [1.29, 1.82) is 0 Å². The molecule has 3 rings (SSSR count). The summed E-state index contributed by atoms with van der Waals surface area (Å²) in [4.78, 5) is 37.4. The topological polar surface area (TPSA) is 117 Å². The van der Waals surface area contributed by atoms with Crippen molar-refractivity contribution in [3.05, 3.63) is 35.9 Å². The maximum atomic E-state index is 12.9. The zero-order chi connectivity index (χ0) is 23.1. The average molecular weight is 446 g/mol. The average Bonchev–Trinajstić information content (AvgIpc) is 3.37. The van der Waals surface area contributed by atoms with Crippen molar-refractivity contribution < 1.29 is 24.2 Å². The third kappa shape index (κ3) is 6.95. The molecule has 1 saturated heterocycles. The Kier molecular flexibility index (Phi) is 8.12. The summed E-state index contributed by atoms with van der Waals surface area (Å²) in [6.45, 7) is 4.28. The molecular weight excluding hydrogens is 410 g/mol. The van der Waals surface area contributed by atoms with Crippen LogP contribution >= 0.6 is 0 Å². The van der Waals surface area contributed by atoms with Crippen molar-refractivity contribution >= 4 is 17.9 Å². The molecule has 1 aromatic rings. The maximum Gasteiger partial charge on any atom is 0.408 e. The normalized spacial score (nSPS) is 20.9. The van der Waals surface area contributed by atoms with Crippen molar-refractivity contribution in [2.45, 2.75) is 70.1 Å². The Morgan fingerprint density at radius 2 is 1.94 bits per heavy atom. The van der Waals surface area contributed by atoms with Gasteiger partial charge in [0.25, 0.3) is 0 Å². The van der Waals surface area contributed by atoms with Gasteiger partial charge in [0.1, 0.15) is 11.6 Å². The van der Waals surface area contributed by atoms with Gasteiger partial charge in [-0.25, -0.2) is 4.79 Å². The first kappa shape index (κ1) is 24.0. The second-order valence-corrected chi connectivity index (χ2v) is 9.46. The van der Waals surface area contributed by atoms with E-state index in [1.807, 2.05) is 44.2 Å². The first-order valence-corrected chi connectivity index (χ1v) is 11.5. The number of aliphatic hydroxyl groups is 1. The van der Waals surface area contributed by atoms with Crippen LogP contribution in [0.1, 0.15) is 51.5 Å². The summed E-state index contributed by atoms with van der Waals surface area (Å²) in [7, 11) is 0. The largest absolute Gasteiger partial charge is 0.443 e. The van der Waals surface area contributed by atoms with E-state index in [-0.39, 0.29) is 30.3 Å². The van der Waals surface area contributed by atoms with Crippen LogP contribution in [0, 0.1) is 11.8 Å². The molecule has 1 aliphatic heterocycles. The first-order valence-electron chi connectivity index (χ1n) is 11.5. The van der Waals surface area contributed by atoms with E-state index in [0.29, 0.717) is 32.2 Å². The van der Waals surface area contributed by atoms with E-state index in [4.69, 9.17) is 4.74 Å². The number of hydrogen-bond acceptors (Lipinski definition) is 5. The second-order valence-electron chi connectivity index (χ2n) is 9.46. The van der Waals surface area contributed by atoms with Crippen LogP contribution in [0.5, 0.6) is 0 Å². The number of ether oxygens (including phenoxy) is 1. The van der Waals surface area contributed by atoms with E-state index in [2.05, 4.69) is 16.0 Å². The third-order valence-electron chi connectivity index (χ3n) is 6.10. The summed E-state index contributed by atoms with van der Waals surface area (Å²) in [6.07, 6.45) is 3.14. The van der Waals surface area contributed by atoms with Gasteiger partial charge in [0, 0.05) is 18.9 Å². The summed E-state index contributed by atoms with van der Waals surface area (Å²) in [5.74, 6) is -0.479. The highest BCUT2D eigenvalue weighted by Gasteiger charge is 2.47. The number of hydrogen-bond donors (Lipinski definition) is 4. The predicted octanol–water partition coefficient (Wildman–Crippen LogP) is 1.91. The van der Waals surface area contributed by atoms with Crippen LogP contribution in [0.4, 0.5) is 4.79 Å². The highest BCUT2D eigenvalue weighted by Crippen LogP contribution is 2.42. The lowest BCUT2D eigenvalue weighted by atomic mass is 9.97. The van der Waals surface area contributed by atoms with E-state index >= 15 is 0 Å². The van der Waals surface area contributed by atoms with Gasteiger partial charge in [0.2, 0.25) is 11.8 Å². The summed E-state index contributed by atoms with van der Waals surface area (Å²) in [6, 6.07) is 8.57. The molecule has 2 aliphatic rings. The first-order chi connectivity index (χ1) is 15.3. The van der Waals surface area contributed by atoms with Crippen molar-refractivity contribution in [3.8, 4) is 0 Å². The summed E-state index contributed by atoms with van der Waals surface area (Å²) in [5.41, 5.74) is 0.601. The molecule has 2 fully saturated rings. The Morgan fingerprint density at radius 1 is 1.22 bits per heavy atom. The highest BCUT2D eigenvalue weighted by molar-refractivity contribution is 5.86. The van der Waals surface area contributed by atoms with E-state index in [9.17, 15) is 19.5 Å². The van der Waals surface area contributed by atoms with E-state index in [1.165, 1.54) is 0 Å². The number of rotatable bonds is 11. The summed E-state index contributed by atoms with van der Waals surface area (Å²) >= 11 is 0. The smallest absolute Gasteiger partial charge is 0.408 e. The van der Waals surface area contributed by atoms with E-state index in [0.717, 1.165) is 18.4 Å². The van der Waals surface area contributed by atoms with Crippen LogP contribution in [0.25, 0.3) is 0 Å². The Labute approximate surface area is 189 Å². The van der Waals surface area contributed by atoms with Crippen LogP contribution < -0.4 is 16.0 Å². The minimum Gasteiger partial charge on any atom is -0.443 e. The van der Waals surface area contributed by atoms with Gasteiger partial charge in [-0.2, -0.15) is 0 Å². The number of aliphatic hydroxyl groups excluding tert-OH is 1. The van der Waals surface area contributed by atoms with Gasteiger partial charge in [0.15, 0.2) is 0 Å². The van der Waals surface area contributed by atoms with Crippen molar-refractivity contribution in [1.82, 2.24) is 16.0 Å². The van der Waals surface area contributed by atoms with Gasteiger partial charge in [-0.3, -0.25) is 9.59 Å². The lowest BCUT2D eigenvalue weighted by Gasteiger charge is -2.25. The SMILES string of the molecule is CC(C)CC(NC(=O)OC1(Cc2ccccc2)CC1)C(=O)NC(CO)C[C@@H]1CCNC1=O. The number of alkyl carbamates (subject to hydrolysis) is 1. The van der Waals surface area contributed by atoms with Crippen LogP contribution in [0.2, 0.25) is 0 Å². The van der Waals surface area contributed by atoms with Crippen LogP contribution in [-0.2, 0) is 20.7 Å². The van der Waals surface area contributed by atoms with Gasteiger partial charge in [-0.05, 0) is 43.6 Å². The molecule has 0 aromatic heterocycles. The molecule has 32 heavy (non-hydrogen) atoms. The minimum absolute atomic E-state index is 0.0497. The number of carbonyl (C=O) groups is 3. The fourth-order valence-electron chi connectivity index (χ4n) is 4.19. The minimum atomic E-state index is -0.776. The zero-order valence-electron chi connectivity index (χ0n) is 18.9. The Bertz CT molecular complexity index is 794. The number of amides is 3. The molecule has 1 saturated carbocycles. The third-order valence-corrected chi connectivity index (χ3v) is 6.10. The van der Waals surface area contributed by atoms with Crippen LogP contribution in [0.3, 0.4) is 0 Å². The standard InChI is InChI=1S/C24H35N3O5/c1-16(2)12-20(22(30)26-19(15-28)13-18-8-11-25-21(18)29)27-23(31)32-24(9-10-24)14-17-6-4-3-5-7-17/h3-7,16,18-20,28H,8-15H2,1-2H3,(H,25,29)(H,26,30)(H,27,31)/t18-,19?,20?/m0/s1. The molecular formula is C24H35N3O5. The predicted molar refractivity (Wildman–Crippen MR) is 120 cm³/mol. The number of carbonyl (C=O) groups excluding carboxylic acids is 3. The van der Waals surface area contributed by atoms with Gasteiger partial charge in [-0.15, -0.1) is 0 Å². The van der Waals surface area contributed by atoms with Gasteiger partial charge in [0.05, 0.1) is 12.6 Å². The molecule has 1 aliphatic carbocycles. The zero-order valence-corrected chi connectivity index (χ0v) is 18.9. The maximum absolute atomic E-state index is 12.9. The Morgan fingerprint density at radius 3 is 2.50 bits per heavy atom. The van der Waals surface area contributed by atoms with Crippen molar-refractivity contribution in [3.63, 3.8) is 0 Å². The monoisotopic (exact) mass is 445 g/mol. The van der Waals surface area contributed by atoms with Gasteiger partial charge >= 0.3 is 6.09 Å². The Hall–Kier alpha value is -2.61. The molecule has 176 valence electrons. The van der Waals surface area contributed by atoms with Crippen LogP contribution in [0.15, 0.2) is 30.3 Å². The molecule has 3 atom stereocenters. The lowest BCUT2D eigenvalue weighted by Crippen LogP contribution is -2.52. The Balaban J connectivity index is 1.55. The molecule has 0 radical (unpaired) electrons. The summed E-state index contributed by atoms with van der Waals surface area (Å²) in [5, 5.41) is 18.0. The van der Waals surface area contributed by atoms with Crippen LogP contribution in [-0.4, -0.2) is 53.9 Å². The molecule has 0 spiro atoms. The quantitative estimate of drug-likeness (QED) is 0.415. The fourth-order valence-corrected chi connectivity index (χ4v) is 4.19. The summed E-state index contributed by atoms with van der Waals surface area (Å²) < 4.78 is 5.74. The molecule has 3 amide bonds. The van der Waals surface area contributed by atoms with E-state index < -0.39 is 23.8 Å². The number of nitrogens with one attached hydrogen (secondary N) is 3. The van der Waals surface area contributed by atoms with Gasteiger partial charge < -0.3 is 25.8 Å². The molecule has 0 bridgehead atoms. The van der Waals surface area contributed by atoms with Gasteiger partial charge in [-0.1, -0.05) is 44.2 Å². The molecule has 2 unspecified atom stereocenters. The fraction of sp³-hybridized carbons (Fsp3) is 0.625. The van der Waals surface area contributed by atoms with Crippen molar-refractivity contribution in [2.75, 3.05) is 13.2 Å². The number of benzene rings is 1. The molecule has 8 nitrogen and oxygen atoms in total. The lowest BCUT2D eigenvalue weighted by molar-refractivity contribution is -0.126. The highest BCUT2D eigenvalue weighted by atomic mass is 16.6. The molecule has 8 heteroatoms. The molecule has 1 aromatic carbocycles. The van der Waals surface area contributed by atoms with E-state index in [1.54, 1.807) is 0 Å². The second kappa shape index (κ2) is 10.8. The van der Waals surface area contributed by atoms with Crippen molar-refractivity contribution in [2.24, 2.45) is 11.8 Å².